The van der Waals surface area contributed by atoms with E-state index in [0.717, 1.165) is 53.6 Å². The highest BCUT2D eigenvalue weighted by Gasteiger charge is 2.45. The normalized spacial score (nSPS) is 13.9. The molecule has 0 saturated heterocycles. The van der Waals surface area contributed by atoms with Gasteiger partial charge in [0.2, 0.25) is 22.1 Å². The van der Waals surface area contributed by atoms with Gasteiger partial charge < -0.3 is 10.4 Å². The number of hydrogen-bond acceptors (Lipinski definition) is 7. The number of hydrogen-bond donors (Lipinski definition) is 2. The SMILES string of the molecule is CCCCc1nc(O)c(S(=O)(=O)c2ccc(-c3ccnc(C4(NC=O)CC4)c3)cc2)c(=O)n1-c1c(CC)cccc1CC. The van der Waals surface area contributed by atoms with Gasteiger partial charge in [0.25, 0.3) is 5.56 Å². The highest BCUT2D eigenvalue weighted by molar-refractivity contribution is 7.91. The molecule has 2 aromatic heterocycles. The van der Waals surface area contributed by atoms with Gasteiger partial charge in [-0.15, -0.1) is 0 Å². The predicted molar refractivity (Wildman–Crippen MR) is 164 cm³/mol. The number of carbonyl (C=O) groups excluding carboxylic acids is 1. The molecule has 0 spiro atoms. The van der Waals surface area contributed by atoms with Gasteiger partial charge in [0.15, 0.2) is 4.90 Å². The average molecular weight is 601 g/mol. The molecular formula is C33H36N4O5S. The summed E-state index contributed by atoms with van der Waals surface area (Å²) in [5, 5.41) is 13.8. The van der Waals surface area contributed by atoms with Crippen LogP contribution < -0.4 is 10.9 Å². The van der Waals surface area contributed by atoms with Crippen LogP contribution >= 0.6 is 0 Å². The lowest BCUT2D eigenvalue weighted by atomic mass is 10.0. The molecule has 2 N–H and O–H groups in total. The van der Waals surface area contributed by atoms with Gasteiger partial charge in [0, 0.05) is 12.6 Å². The lowest BCUT2D eigenvalue weighted by Gasteiger charge is -2.20. The Hall–Kier alpha value is -4.31. The summed E-state index contributed by atoms with van der Waals surface area (Å²) in [4.78, 5) is 33.1. The Bertz CT molecular complexity index is 1810. The van der Waals surface area contributed by atoms with Crippen molar-refractivity contribution in [3.05, 3.63) is 93.8 Å². The zero-order chi connectivity index (χ0) is 30.8. The van der Waals surface area contributed by atoms with E-state index < -0.39 is 31.7 Å². The first-order chi connectivity index (χ1) is 20.7. The molecule has 0 aliphatic heterocycles. The minimum atomic E-state index is -4.44. The summed E-state index contributed by atoms with van der Waals surface area (Å²) in [7, 11) is -4.44. The Labute approximate surface area is 251 Å². The van der Waals surface area contributed by atoms with Crippen molar-refractivity contribution < 1.29 is 18.3 Å². The van der Waals surface area contributed by atoms with Crippen molar-refractivity contribution in [2.24, 2.45) is 0 Å². The highest BCUT2D eigenvalue weighted by Crippen LogP contribution is 2.45. The van der Waals surface area contributed by atoms with Gasteiger partial charge in [0.1, 0.15) is 5.82 Å². The van der Waals surface area contributed by atoms with Gasteiger partial charge >= 0.3 is 0 Å². The second-order valence-electron chi connectivity index (χ2n) is 10.9. The summed E-state index contributed by atoms with van der Waals surface area (Å²) < 4.78 is 29.3. The molecule has 43 heavy (non-hydrogen) atoms. The molecule has 224 valence electrons. The topological polar surface area (TPSA) is 131 Å². The Morgan fingerprint density at radius 3 is 2.26 bits per heavy atom. The van der Waals surface area contributed by atoms with Crippen molar-refractivity contribution >= 4 is 16.2 Å². The van der Waals surface area contributed by atoms with Crippen molar-refractivity contribution in [2.45, 2.75) is 81.0 Å². The van der Waals surface area contributed by atoms with Crippen molar-refractivity contribution in [1.29, 1.82) is 0 Å². The number of nitrogens with zero attached hydrogens (tertiary/aromatic N) is 3. The molecule has 0 radical (unpaired) electrons. The molecular weight excluding hydrogens is 564 g/mol. The molecule has 1 saturated carbocycles. The molecule has 2 aromatic carbocycles. The van der Waals surface area contributed by atoms with Crippen molar-refractivity contribution in [2.75, 3.05) is 0 Å². The molecule has 2 heterocycles. The lowest BCUT2D eigenvalue weighted by Crippen LogP contribution is -2.30. The average Bonchev–Trinajstić information content (AvgIpc) is 3.80. The van der Waals surface area contributed by atoms with E-state index in [0.29, 0.717) is 37.2 Å². The van der Waals surface area contributed by atoms with Crippen LogP contribution in [0.5, 0.6) is 5.88 Å². The van der Waals surface area contributed by atoms with Crippen LogP contribution in [-0.4, -0.2) is 34.5 Å². The molecule has 0 unspecified atom stereocenters. The molecule has 10 heteroatoms. The Balaban J connectivity index is 1.60. The number of nitrogens with one attached hydrogen (secondary N) is 1. The standard InChI is InChI=1S/C33H36N4O5S/c1-4-7-11-28-36-31(39)30(32(40)37(28)29-22(5-2)9-8-10-23(29)6-3)43(41,42)26-14-12-24(13-15-26)25-16-19-34-27(20-25)33(17-18-33)35-21-38/h8-10,12-16,19-21,39H,4-7,11,17-18H2,1-3H3,(H,35,38). The van der Waals surface area contributed by atoms with Crippen molar-refractivity contribution in [3.63, 3.8) is 0 Å². The Morgan fingerprint density at radius 1 is 1.00 bits per heavy atom. The molecule has 9 nitrogen and oxygen atoms in total. The molecule has 1 fully saturated rings. The van der Waals surface area contributed by atoms with Crippen LogP contribution in [0.4, 0.5) is 0 Å². The second-order valence-corrected chi connectivity index (χ2v) is 12.7. The first-order valence-electron chi connectivity index (χ1n) is 14.7. The summed E-state index contributed by atoms with van der Waals surface area (Å²) in [6.07, 6.45) is 7.18. The number of aromatic nitrogens is 3. The van der Waals surface area contributed by atoms with Crippen LogP contribution in [0, 0.1) is 0 Å². The lowest BCUT2D eigenvalue weighted by molar-refractivity contribution is -0.110. The Morgan fingerprint density at radius 2 is 1.67 bits per heavy atom. The maximum Gasteiger partial charge on any atom is 0.281 e. The fourth-order valence-corrected chi connectivity index (χ4v) is 6.87. The number of sulfone groups is 1. The van der Waals surface area contributed by atoms with E-state index in [1.165, 1.54) is 16.7 Å². The van der Waals surface area contributed by atoms with E-state index >= 15 is 0 Å². The van der Waals surface area contributed by atoms with Crippen LogP contribution in [0.15, 0.2) is 75.4 Å². The van der Waals surface area contributed by atoms with Crippen LogP contribution in [0.1, 0.15) is 69.1 Å². The number of pyridine rings is 1. The number of aryl methyl sites for hydroxylation is 3. The number of aromatic hydroxyl groups is 1. The number of para-hydroxylation sites is 1. The number of amides is 1. The van der Waals surface area contributed by atoms with Gasteiger partial charge in [-0.3, -0.25) is 19.1 Å². The van der Waals surface area contributed by atoms with E-state index in [9.17, 15) is 23.1 Å². The van der Waals surface area contributed by atoms with E-state index in [-0.39, 0.29) is 4.90 Å². The minimum Gasteiger partial charge on any atom is -0.492 e. The minimum absolute atomic E-state index is 0.131. The van der Waals surface area contributed by atoms with Gasteiger partial charge in [-0.2, -0.15) is 4.98 Å². The van der Waals surface area contributed by atoms with E-state index in [1.54, 1.807) is 18.3 Å². The summed E-state index contributed by atoms with van der Waals surface area (Å²) in [6, 6.07) is 15.6. The predicted octanol–water partition coefficient (Wildman–Crippen LogP) is 5.04. The maximum atomic E-state index is 14.2. The fourth-order valence-electron chi connectivity index (χ4n) is 5.54. The van der Waals surface area contributed by atoms with E-state index in [4.69, 9.17) is 0 Å². The van der Waals surface area contributed by atoms with E-state index in [2.05, 4.69) is 15.3 Å². The monoisotopic (exact) mass is 600 g/mol. The van der Waals surface area contributed by atoms with Crippen LogP contribution in [0.3, 0.4) is 0 Å². The summed E-state index contributed by atoms with van der Waals surface area (Å²) >= 11 is 0. The van der Waals surface area contributed by atoms with Crippen LogP contribution in [0.25, 0.3) is 16.8 Å². The third-order valence-electron chi connectivity index (χ3n) is 8.14. The summed E-state index contributed by atoms with van der Waals surface area (Å²) in [6.45, 7) is 5.98. The van der Waals surface area contributed by atoms with Gasteiger partial charge in [-0.25, -0.2) is 8.42 Å². The maximum absolute atomic E-state index is 14.2. The molecule has 5 rings (SSSR count). The van der Waals surface area contributed by atoms with Crippen LogP contribution in [-0.2, 0) is 39.4 Å². The van der Waals surface area contributed by atoms with Gasteiger partial charge in [-0.05, 0) is 78.6 Å². The first kappa shape index (κ1) is 30.2. The van der Waals surface area contributed by atoms with Crippen molar-refractivity contribution in [3.8, 4) is 22.7 Å². The molecule has 1 amide bonds. The molecule has 1 aliphatic carbocycles. The Kier molecular flexibility index (Phi) is 8.50. The number of unbranched alkanes of at least 4 members (excludes halogenated alkanes) is 1. The molecule has 1 aliphatic rings. The number of rotatable bonds is 12. The van der Waals surface area contributed by atoms with E-state index in [1.807, 2.05) is 51.1 Å². The fraction of sp³-hybridized carbons (Fsp3) is 0.333. The smallest absolute Gasteiger partial charge is 0.281 e. The second kappa shape index (κ2) is 12.1. The van der Waals surface area contributed by atoms with Crippen LogP contribution in [0.2, 0.25) is 0 Å². The van der Waals surface area contributed by atoms with Gasteiger partial charge in [-0.1, -0.05) is 57.5 Å². The molecule has 0 bridgehead atoms. The molecule has 4 aromatic rings. The third kappa shape index (κ3) is 5.59. The summed E-state index contributed by atoms with van der Waals surface area (Å²) in [5.41, 5.74) is 3.45. The van der Waals surface area contributed by atoms with Gasteiger partial charge in [0.05, 0.1) is 21.8 Å². The van der Waals surface area contributed by atoms with Crippen molar-refractivity contribution in [1.82, 2.24) is 19.9 Å². The third-order valence-corrected chi connectivity index (χ3v) is 9.93. The zero-order valence-electron chi connectivity index (χ0n) is 24.6. The quantitative estimate of drug-likeness (QED) is 0.218. The zero-order valence-corrected chi connectivity index (χ0v) is 25.4. The highest BCUT2D eigenvalue weighted by atomic mass is 32.2. The largest absolute Gasteiger partial charge is 0.492 e. The first-order valence-corrected chi connectivity index (χ1v) is 16.2. The molecule has 0 atom stereocenters. The number of carbonyl (C=O) groups is 1. The summed E-state index contributed by atoms with van der Waals surface area (Å²) in [5.74, 6) is -0.458. The number of benzene rings is 2.